The quantitative estimate of drug-likeness (QED) is 0.767. The van der Waals surface area contributed by atoms with E-state index in [4.69, 9.17) is 0 Å². The highest BCUT2D eigenvalue weighted by molar-refractivity contribution is 5.93. The Morgan fingerprint density at radius 1 is 1.50 bits per heavy atom. The zero-order chi connectivity index (χ0) is 13.1. The molecule has 0 bridgehead atoms. The van der Waals surface area contributed by atoms with E-state index in [0.29, 0.717) is 30.3 Å². The van der Waals surface area contributed by atoms with Crippen LogP contribution in [0.1, 0.15) is 18.3 Å². The topological polar surface area (TPSA) is 75.2 Å². The minimum Gasteiger partial charge on any atom is -0.308 e. The second kappa shape index (κ2) is 5.05. The van der Waals surface area contributed by atoms with E-state index in [9.17, 15) is 9.59 Å². The molecule has 1 aliphatic heterocycles. The molecule has 1 aliphatic rings. The van der Waals surface area contributed by atoms with E-state index < -0.39 is 0 Å². The van der Waals surface area contributed by atoms with Crippen LogP contribution in [-0.4, -0.2) is 40.2 Å². The normalized spacial score (nSPS) is 16.2. The summed E-state index contributed by atoms with van der Waals surface area (Å²) in [7, 11) is 1.84. The van der Waals surface area contributed by atoms with E-state index in [1.54, 1.807) is 6.08 Å². The van der Waals surface area contributed by atoms with Crippen LogP contribution in [0.5, 0.6) is 0 Å². The minimum absolute atomic E-state index is 0.0443. The van der Waals surface area contributed by atoms with Gasteiger partial charge in [0.1, 0.15) is 0 Å². The molecule has 2 rings (SSSR count). The predicted octanol–water partition coefficient (Wildman–Crippen LogP) is 0.463. The van der Waals surface area contributed by atoms with Gasteiger partial charge in [-0.3, -0.25) is 14.5 Å². The molecule has 94 valence electrons. The number of ketones is 1. The Labute approximate surface area is 105 Å². The van der Waals surface area contributed by atoms with E-state index in [1.165, 1.54) is 19.2 Å². The van der Waals surface area contributed by atoms with Gasteiger partial charge in [0, 0.05) is 6.54 Å². The van der Waals surface area contributed by atoms with Gasteiger partial charge in [-0.05, 0) is 26.1 Å². The van der Waals surface area contributed by atoms with Gasteiger partial charge >= 0.3 is 0 Å². The molecule has 0 atom stereocenters. The zero-order valence-electron chi connectivity index (χ0n) is 10.3. The predicted molar refractivity (Wildman–Crippen MR) is 66.7 cm³/mol. The summed E-state index contributed by atoms with van der Waals surface area (Å²) in [5, 5.41) is 2.70. The van der Waals surface area contributed by atoms with Crippen molar-refractivity contribution in [2.75, 3.05) is 18.9 Å². The van der Waals surface area contributed by atoms with Crippen molar-refractivity contribution in [3.63, 3.8) is 0 Å². The lowest BCUT2D eigenvalue weighted by molar-refractivity contribution is -0.117. The van der Waals surface area contributed by atoms with Crippen molar-refractivity contribution in [1.82, 2.24) is 14.9 Å². The summed E-state index contributed by atoms with van der Waals surface area (Å²) in [5.41, 5.74) is 1.31. The number of nitrogens with zero attached hydrogens (tertiary/aromatic N) is 3. The lowest BCUT2D eigenvalue weighted by Gasteiger charge is -2.10. The molecule has 0 fully saturated rings. The van der Waals surface area contributed by atoms with Crippen molar-refractivity contribution >= 4 is 23.6 Å². The number of aromatic nitrogens is 2. The molecule has 0 saturated heterocycles. The third kappa shape index (κ3) is 2.98. The molecule has 0 unspecified atom stereocenters. The maximum absolute atomic E-state index is 11.5. The molecule has 1 aromatic heterocycles. The highest BCUT2D eigenvalue weighted by Crippen LogP contribution is 2.15. The van der Waals surface area contributed by atoms with Gasteiger partial charge in [-0.15, -0.1) is 0 Å². The van der Waals surface area contributed by atoms with Gasteiger partial charge in [0.15, 0.2) is 11.6 Å². The summed E-state index contributed by atoms with van der Waals surface area (Å²) in [6.07, 6.45) is 4.58. The van der Waals surface area contributed by atoms with E-state index in [2.05, 4.69) is 15.3 Å². The van der Waals surface area contributed by atoms with E-state index >= 15 is 0 Å². The molecule has 6 heteroatoms. The fourth-order valence-electron chi connectivity index (χ4n) is 1.67. The van der Waals surface area contributed by atoms with Crippen LogP contribution in [0.2, 0.25) is 0 Å². The molecule has 1 amide bonds. The Kier molecular flexibility index (Phi) is 3.47. The maximum Gasteiger partial charge on any atom is 0.239 e. The Balaban J connectivity index is 2.31. The lowest BCUT2D eigenvalue weighted by atomic mass is 10.3. The highest BCUT2D eigenvalue weighted by atomic mass is 16.2. The van der Waals surface area contributed by atoms with Crippen LogP contribution in [0.3, 0.4) is 0 Å². The van der Waals surface area contributed by atoms with Crippen molar-refractivity contribution in [1.29, 1.82) is 0 Å². The Morgan fingerprint density at radius 2 is 2.28 bits per heavy atom. The zero-order valence-corrected chi connectivity index (χ0v) is 10.3. The molecule has 0 radical (unpaired) electrons. The highest BCUT2D eigenvalue weighted by Gasteiger charge is 2.18. The average Bonchev–Trinajstić information content (AvgIpc) is 2.42. The molecule has 0 aliphatic carbocycles. The molecular weight excluding hydrogens is 232 g/mol. The standard InChI is InChI=1S/C12H14N4O2/c1-8(17)3-4-9-5-13-12-10(14-9)6-16(2)7-11(18)15-12/h3-5H,6-7H2,1-2H3,(H,13,15,18)/b4-3+. The number of amides is 1. The van der Waals surface area contributed by atoms with Gasteiger partial charge < -0.3 is 5.32 Å². The second-order valence-electron chi connectivity index (χ2n) is 4.25. The first kappa shape index (κ1) is 12.4. The molecular formula is C12H14N4O2. The number of rotatable bonds is 2. The summed E-state index contributed by atoms with van der Waals surface area (Å²) in [6.45, 7) is 2.33. The van der Waals surface area contributed by atoms with Gasteiger partial charge in [-0.25, -0.2) is 9.97 Å². The van der Waals surface area contributed by atoms with Crippen LogP contribution in [0, 0.1) is 0 Å². The van der Waals surface area contributed by atoms with E-state index in [-0.39, 0.29) is 11.7 Å². The Hall–Kier alpha value is -2.08. The number of likely N-dealkylation sites (N-methyl/N-ethyl adjacent to an activating group) is 1. The molecule has 0 spiro atoms. The molecule has 2 heterocycles. The molecule has 0 saturated carbocycles. The molecule has 0 aromatic carbocycles. The SMILES string of the molecule is CC(=O)/C=C/c1cnc2c(n1)CN(C)CC(=O)N2. The van der Waals surface area contributed by atoms with Crippen molar-refractivity contribution < 1.29 is 9.59 Å². The van der Waals surface area contributed by atoms with Gasteiger partial charge in [-0.2, -0.15) is 0 Å². The molecule has 1 N–H and O–H groups in total. The Morgan fingerprint density at radius 3 is 3.00 bits per heavy atom. The van der Waals surface area contributed by atoms with Crippen molar-refractivity contribution in [2.45, 2.75) is 13.5 Å². The largest absolute Gasteiger partial charge is 0.308 e. The van der Waals surface area contributed by atoms with Crippen LogP contribution < -0.4 is 5.32 Å². The van der Waals surface area contributed by atoms with Gasteiger partial charge in [0.05, 0.1) is 24.1 Å². The van der Waals surface area contributed by atoms with Crippen LogP contribution in [0.15, 0.2) is 12.3 Å². The lowest BCUT2D eigenvalue weighted by Crippen LogP contribution is -2.26. The number of nitrogens with one attached hydrogen (secondary N) is 1. The summed E-state index contributed by atoms with van der Waals surface area (Å²) in [6, 6.07) is 0. The minimum atomic E-state index is -0.0995. The molecule has 1 aromatic rings. The first-order chi connectivity index (χ1) is 8.54. The summed E-state index contributed by atoms with van der Waals surface area (Å²) < 4.78 is 0. The number of carbonyl (C=O) groups is 2. The van der Waals surface area contributed by atoms with Crippen LogP contribution in [-0.2, 0) is 16.1 Å². The third-order valence-corrected chi connectivity index (χ3v) is 2.44. The van der Waals surface area contributed by atoms with Crippen LogP contribution >= 0.6 is 0 Å². The fourth-order valence-corrected chi connectivity index (χ4v) is 1.67. The van der Waals surface area contributed by atoms with Gasteiger partial charge in [0.25, 0.3) is 0 Å². The van der Waals surface area contributed by atoms with Gasteiger partial charge in [0.2, 0.25) is 5.91 Å². The monoisotopic (exact) mass is 246 g/mol. The second-order valence-corrected chi connectivity index (χ2v) is 4.25. The van der Waals surface area contributed by atoms with Crippen molar-refractivity contribution in [3.05, 3.63) is 23.7 Å². The molecule has 18 heavy (non-hydrogen) atoms. The third-order valence-electron chi connectivity index (χ3n) is 2.44. The smallest absolute Gasteiger partial charge is 0.239 e. The Bertz CT molecular complexity index is 525. The van der Waals surface area contributed by atoms with E-state index in [1.807, 2.05) is 11.9 Å². The summed E-state index contributed by atoms with van der Waals surface area (Å²) in [5.74, 6) is 0.346. The van der Waals surface area contributed by atoms with Crippen molar-refractivity contribution in [2.24, 2.45) is 0 Å². The summed E-state index contributed by atoms with van der Waals surface area (Å²) >= 11 is 0. The number of hydrogen-bond donors (Lipinski definition) is 1. The van der Waals surface area contributed by atoms with Crippen molar-refractivity contribution in [3.8, 4) is 0 Å². The number of anilines is 1. The number of allylic oxidation sites excluding steroid dienone is 1. The van der Waals surface area contributed by atoms with Crippen LogP contribution in [0.25, 0.3) is 6.08 Å². The first-order valence-electron chi connectivity index (χ1n) is 5.57. The molecule has 6 nitrogen and oxygen atoms in total. The maximum atomic E-state index is 11.5. The fraction of sp³-hybridized carbons (Fsp3) is 0.333. The summed E-state index contributed by atoms with van der Waals surface area (Å²) in [4.78, 5) is 32.7. The number of hydrogen-bond acceptors (Lipinski definition) is 5. The van der Waals surface area contributed by atoms with Gasteiger partial charge in [-0.1, -0.05) is 0 Å². The van der Waals surface area contributed by atoms with E-state index in [0.717, 1.165) is 0 Å². The average molecular weight is 246 g/mol. The number of carbonyl (C=O) groups excluding carboxylic acids is 2. The first-order valence-corrected chi connectivity index (χ1v) is 5.57. The number of fused-ring (bicyclic) bond motifs is 1. The van der Waals surface area contributed by atoms with Crippen LogP contribution in [0.4, 0.5) is 5.82 Å².